The van der Waals surface area contributed by atoms with Crippen molar-refractivity contribution in [2.75, 3.05) is 10.0 Å². The van der Waals surface area contributed by atoms with Gasteiger partial charge in [-0.1, -0.05) is 44.2 Å². The monoisotopic (exact) mass is 466 g/mol. The highest BCUT2D eigenvalue weighted by atomic mass is 32.2. The fraction of sp³-hybridized carbons (Fsp3) is 0.269. The predicted octanol–water partition coefficient (Wildman–Crippen LogP) is 5.63. The van der Waals surface area contributed by atoms with Crippen LogP contribution < -0.4 is 14.8 Å². The van der Waals surface area contributed by atoms with E-state index in [1.807, 2.05) is 50.2 Å². The summed E-state index contributed by atoms with van der Waals surface area (Å²) >= 11 is 0. The van der Waals surface area contributed by atoms with Crippen LogP contribution in [0.15, 0.2) is 71.6 Å². The van der Waals surface area contributed by atoms with Crippen molar-refractivity contribution in [1.82, 2.24) is 0 Å². The van der Waals surface area contributed by atoms with Gasteiger partial charge < -0.3 is 10.1 Å². The lowest BCUT2D eigenvalue weighted by atomic mass is 10.0. The first-order valence-corrected chi connectivity index (χ1v) is 12.3. The fourth-order valence-corrected chi connectivity index (χ4v) is 4.44. The minimum absolute atomic E-state index is 0.108. The van der Waals surface area contributed by atoms with E-state index in [2.05, 4.69) is 23.9 Å². The van der Waals surface area contributed by atoms with Gasteiger partial charge in [-0.05, 0) is 79.8 Å². The van der Waals surface area contributed by atoms with E-state index < -0.39 is 16.1 Å². The number of para-hydroxylation sites is 1. The number of sulfonamides is 1. The van der Waals surface area contributed by atoms with Crippen LogP contribution in [0.4, 0.5) is 11.4 Å². The number of nitrogens with one attached hydrogen (secondary N) is 2. The molecular formula is C26H30N2O4S. The quantitative estimate of drug-likeness (QED) is 0.450. The number of hydrogen-bond donors (Lipinski definition) is 2. The van der Waals surface area contributed by atoms with Gasteiger partial charge in [0.25, 0.3) is 15.9 Å². The Morgan fingerprint density at radius 2 is 1.58 bits per heavy atom. The molecule has 174 valence electrons. The van der Waals surface area contributed by atoms with Gasteiger partial charge in [0.2, 0.25) is 0 Å². The maximum Gasteiger partial charge on any atom is 0.265 e. The normalized spacial score (nSPS) is 12.3. The van der Waals surface area contributed by atoms with Gasteiger partial charge in [0.15, 0.2) is 6.10 Å². The van der Waals surface area contributed by atoms with Gasteiger partial charge in [-0.25, -0.2) is 8.42 Å². The van der Waals surface area contributed by atoms with Gasteiger partial charge in [-0.2, -0.15) is 0 Å². The minimum Gasteiger partial charge on any atom is -0.481 e. The summed E-state index contributed by atoms with van der Waals surface area (Å²) in [7, 11) is -3.76. The third kappa shape index (κ3) is 6.14. The van der Waals surface area contributed by atoms with Crippen molar-refractivity contribution in [2.24, 2.45) is 0 Å². The average molecular weight is 467 g/mol. The lowest BCUT2D eigenvalue weighted by Crippen LogP contribution is -2.30. The molecule has 0 aliphatic carbocycles. The standard InChI is InChI=1S/C26H30N2O4S/c1-17(2)23-8-6-7-9-25(23)32-20(5)26(29)27-21-12-14-22(15-13-21)33(30,31)28-24-16-18(3)10-11-19(24)4/h6-17,20,28H,1-5H3,(H,27,29). The molecule has 33 heavy (non-hydrogen) atoms. The van der Waals surface area contributed by atoms with Crippen LogP contribution in [0.5, 0.6) is 5.75 Å². The van der Waals surface area contributed by atoms with Crippen molar-refractivity contribution in [1.29, 1.82) is 0 Å². The Hall–Kier alpha value is -3.32. The third-order valence-electron chi connectivity index (χ3n) is 5.28. The molecule has 3 aromatic rings. The lowest BCUT2D eigenvalue weighted by Gasteiger charge is -2.19. The van der Waals surface area contributed by atoms with Crippen molar-refractivity contribution in [3.05, 3.63) is 83.4 Å². The van der Waals surface area contributed by atoms with Crippen molar-refractivity contribution in [3.8, 4) is 5.75 Å². The molecule has 1 amide bonds. The molecule has 6 nitrogen and oxygen atoms in total. The first-order chi connectivity index (χ1) is 15.6. The van der Waals surface area contributed by atoms with Crippen LogP contribution in [-0.4, -0.2) is 20.4 Å². The zero-order valence-corrected chi connectivity index (χ0v) is 20.4. The molecule has 0 aliphatic rings. The summed E-state index contributed by atoms with van der Waals surface area (Å²) in [5.74, 6) is 0.620. The molecule has 1 unspecified atom stereocenters. The fourth-order valence-electron chi connectivity index (χ4n) is 3.32. The second-order valence-electron chi connectivity index (χ2n) is 8.39. The number of benzene rings is 3. The topological polar surface area (TPSA) is 84.5 Å². The van der Waals surface area contributed by atoms with Gasteiger partial charge in [0.05, 0.1) is 10.6 Å². The van der Waals surface area contributed by atoms with E-state index in [1.165, 1.54) is 12.1 Å². The van der Waals surface area contributed by atoms with E-state index in [0.29, 0.717) is 17.1 Å². The van der Waals surface area contributed by atoms with Crippen molar-refractivity contribution < 1.29 is 17.9 Å². The summed E-state index contributed by atoms with van der Waals surface area (Å²) in [6.07, 6.45) is -0.723. The molecule has 0 aliphatic heterocycles. The summed E-state index contributed by atoms with van der Waals surface area (Å²) in [6.45, 7) is 9.56. The van der Waals surface area contributed by atoms with Crippen LogP contribution in [0.1, 0.15) is 43.4 Å². The highest BCUT2D eigenvalue weighted by Gasteiger charge is 2.19. The van der Waals surface area contributed by atoms with Crippen LogP contribution in [0, 0.1) is 13.8 Å². The SMILES string of the molecule is Cc1ccc(C)c(NS(=O)(=O)c2ccc(NC(=O)C(C)Oc3ccccc3C(C)C)cc2)c1. The second-order valence-corrected chi connectivity index (χ2v) is 10.1. The van der Waals surface area contributed by atoms with Crippen LogP contribution in [0.3, 0.4) is 0 Å². The van der Waals surface area contributed by atoms with E-state index >= 15 is 0 Å². The number of carbonyl (C=O) groups is 1. The number of ether oxygens (including phenoxy) is 1. The largest absolute Gasteiger partial charge is 0.481 e. The molecule has 7 heteroatoms. The molecule has 3 aromatic carbocycles. The van der Waals surface area contributed by atoms with Crippen molar-refractivity contribution >= 4 is 27.3 Å². The number of hydrogen-bond acceptors (Lipinski definition) is 4. The number of anilines is 2. The minimum atomic E-state index is -3.76. The lowest BCUT2D eigenvalue weighted by molar-refractivity contribution is -0.122. The Morgan fingerprint density at radius 3 is 2.24 bits per heavy atom. The summed E-state index contributed by atoms with van der Waals surface area (Å²) < 4.78 is 34.1. The molecule has 0 saturated carbocycles. The van der Waals surface area contributed by atoms with Crippen LogP contribution in [0.2, 0.25) is 0 Å². The van der Waals surface area contributed by atoms with E-state index in [4.69, 9.17) is 4.74 Å². The Bertz CT molecular complexity index is 1240. The zero-order chi connectivity index (χ0) is 24.2. The molecule has 0 radical (unpaired) electrons. The number of aryl methyl sites for hydroxylation is 2. The Labute approximate surface area is 196 Å². The third-order valence-corrected chi connectivity index (χ3v) is 6.66. The Balaban J connectivity index is 1.67. The molecule has 1 atom stereocenters. The average Bonchev–Trinajstić information content (AvgIpc) is 2.76. The predicted molar refractivity (Wildman–Crippen MR) is 132 cm³/mol. The maximum absolute atomic E-state index is 12.8. The van der Waals surface area contributed by atoms with Crippen molar-refractivity contribution in [2.45, 2.75) is 51.5 Å². The first kappa shape index (κ1) is 24.3. The van der Waals surface area contributed by atoms with Crippen LogP contribution in [0.25, 0.3) is 0 Å². The number of amides is 1. The molecule has 0 heterocycles. The summed E-state index contributed by atoms with van der Waals surface area (Å²) in [5, 5.41) is 2.78. The molecule has 0 aromatic heterocycles. The Morgan fingerprint density at radius 1 is 0.909 bits per heavy atom. The highest BCUT2D eigenvalue weighted by Crippen LogP contribution is 2.27. The van der Waals surface area contributed by atoms with Gasteiger partial charge in [-0.15, -0.1) is 0 Å². The molecule has 0 fully saturated rings. The van der Waals surface area contributed by atoms with Crippen molar-refractivity contribution in [3.63, 3.8) is 0 Å². The van der Waals surface area contributed by atoms with E-state index in [1.54, 1.807) is 25.1 Å². The molecule has 3 rings (SSSR count). The molecule has 2 N–H and O–H groups in total. The maximum atomic E-state index is 12.8. The molecule has 0 saturated heterocycles. The van der Waals surface area contributed by atoms with E-state index in [0.717, 1.165) is 16.7 Å². The number of rotatable bonds is 8. The molecular weight excluding hydrogens is 436 g/mol. The van der Waals surface area contributed by atoms with Gasteiger partial charge in [0.1, 0.15) is 5.75 Å². The van der Waals surface area contributed by atoms with E-state index in [9.17, 15) is 13.2 Å². The van der Waals surface area contributed by atoms with Gasteiger partial charge in [0, 0.05) is 5.69 Å². The number of carbonyl (C=O) groups excluding carboxylic acids is 1. The highest BCUT2D eigenvalue weighted by molar-refractivity contribution is 7.92. The molecule has 0 bridgehead atoms. The molecule has 0 spiro atoms. The van der Waals surface area contributed by atoms with E-state index in [-0.39, 0.29) is 16.7 Å². The summed E-state index contributed by atoms with van der Waals surface area (Å²) in [4.78, 5) is 12.7. The van der Waals surface area contributed by atoms with Crippen LogP contribution >= 0.6 is 0 Å². The summed E-state index contributed by atoms with van der Waals surface area (Å²) in [5.41, 5.74) is 3.85. The second kappa shape index (κ2) is 10.1. The smallest absolute Gasteiger partial charge is 0.265 e. The zero-order valence-electron chi connectivity index (χ0n) is 19.5. The summed E-state index contributed by atoms with van der Waals surface area (Å²) in [6, 6.07) is 19.3. The first-order valence-electron chi connectivity index (χ1n) is 10.8. The van der Waals surface area contributed by atoms with Gasteiger partial charge >= 0.3 is 0 Å². The van der Waals surface area contributed by atoms with Gasteiger partial charge in [-0.3, -0.25) is 9.52 Å². The Kier molecular flexibility index (Phi) is 7.43. The van der Waals surface area contributed by atoms with Crippen LogP contribution in [-0.2, 0) is 14.8 Å².